The van der Waals surface area contributed by atoms with Crippen LogP contribution in [0.1, 0.15) is 12.6 Å². The minimum absolute atomic E-state index is 0.171. The fraction of sp³-hybridized carbons (Fsp3) is 0.429. The summed E-state index contributed by atoms with van der Waals surface area (Å²) in [6.07, 6.45) is 0. The fourth-order valence-corrected chi connectivity index (χ4v) is 2.05. The summed E-state index contributed by atoms with van der Waals surface area (Å²) in [7, 11) is 4.15. The number of likely N-dealkylation sites (N-methyl/N-ethyl adjacent to an activating group) is 1. The second-order valence-electron chi connectivity index (χ2n) is 4.91. The van der Waals surface area contributed by atoms with Gasteiger partial charge in [0.1, 0.15) is 5.82 Å². The molecule has 0 fully saturated rings. The van der Waals surface area contributed by atoms with Crippen LogP contribution in [0.3, 0.4) is 0 Å². The van der Waals surface area contributed by atoms with Crippen molar-refractivity contribution in [2.75, 3.05) is 14.1 Å². The second-order valence-corrected chi connectivity index (χ2v) is 4.91. The van der Waals surface area contributed by atoms with Gasteiger partial charge in [-0.05, 0) is 52.2 Å². The van der Waals surface area contributed by atoms with Gasteiger partial charge >= 0.3 is 0 Å². The van der Waals surface area contributed by atoms with Crippen molar-refractivity contribution < 1.29 is 4.39 Å². The second kappa shape index (κ2) is 4.49. The third kappa shape index (κ3) is 2.34. The number of benzene rings is 1. The van der Waals surface area contributed by atoms with Gasteiger partial charge in [0, 0.05) is 29.2 Å². The van der Waals surface area contributed by atoms with Crippen LogP contribution < -0.4 is 0 Å². The molecule has 17 heavy (non-hydrogen) atoms. The Bertz CT molecular complexity index is 528. The van der Waals surface area contributed by atoms with Crippen molar-refractivity contribution in [2.45, 2.75) is 26.4 Å². The number of aryl methyl sites for hydroxylation is 1. The van der Waals surface area contributed by atoms with E-state index in [4.69, 9.17) is 0 Å². The predicted octanol–water partition coefficient (Wildman–Crippen LogP) is 3.04. The standard InChI is InChI=1S/C14H19FN2/c1-10-7-12-8-13(15)5-6-14(12)17(10)9-11(2)16(3)4/h5-8,11H,9H2,1-4H3/t11-/m1/s1. The fourth-order valence-electron chi connectivity index (χ4n) is 2.05. The van der Waals surface area contributed by atoms with Crippen molar-refractivity contribution in [2.24, 2.45) is 0 Å². The number of halogens is 1. The lowest BCUT2D eigenvalue weighted by molar-refractivity contribution is 0.285. The Morgan fingerprint density at radius 2 is 2.00 bits per heavy atom. The molecule has 1 heterocycles. The highest BCUT2D eigenvalue weighted by Crippen LogP contribution is 2.21. The highest BCUT2D eigenvalue weighted by Gasteiger charge is 2.11. The predicted molar refractivity (Wildman–Crippen MR) is 69.8 cm³/mol. The number of aromatic nitrogens is 1. The minimum atomic E-state index is -0.171. The summed E-state index contributed by atoms with van der Waals surface area (Å²) in [5.74, 6) is -0.171. The van der Waals surface area contributed by atoms with Gasteiger partial charge in [-0.1, -0.05) is 0 Å². The van der Waals surface area contributed by atoms with E-state index in [-0.39, 0.29) is 5.82 Å². The van der Waals surface area contributed by atoms with Crippen molar-refractivity contribution in [1.29, 1.82) is 0 Å². The smallest absolute Gasteiger partial charge is 0.123 e. The number of nitrogens with zero attached hydrogens (tertiary/aromatic N) is 2. The van der Waals surface area contributed by atoms with Crippen molar-refractivity contribution in [3.05, 3.63) is 35.8 Å². The molecule has 0 radical (unpaired) electrons. The summed E-state index contributed by atoms with van der Waals surface area (Å²) in [5, 5.41) is 0.980. The van der Waals surface area contributed by atoms with Crippen molar-refractivity contribution in [3.63, 3.8) is 0 Å². The Labute approximate surface area is 102 Å². The Hall–Kier alpha value is -1.35. The maximum Gasteiger partial charge on any atom is 0.123 e. The van der Waals surface area contributed by atoms with Crippen molar-refractivity contribution >= 4 is 10.9 Å². The van der Waals surface area contributed by atoms with Crippen LogP contribution >= 0.6 is 0 Å². The third-order valence-corrected chi connectivity index (χ3v) is 3.40. The molecule has 0 N–H and O–H groups in total. The van der Waals surface area contributed by atoms with Gasteiger partial charge in [0.25, 0.3) is 0 Å². The summed E-state index contributed by atoms with van der Waals surface area (Å²) < 4.78 is 15.4. The number of hydrogen-bond acceptors (Lipinski definition) is 1. The molecule has 2 aromatic rings. The molecule has 1 aromatic carbocycles. The van der Waals surface area contributed by atoms with Gasteiger partial charge in [-0.2, -0.15) is 0 Å². The molecule has 2 rings (SSSR count). The van der Waals surface area contributed by atoms with Crippen LogP contribution in [-0.2, 0) is 6.54 Å². The quantitative estimate of drug-likeness (QED) is 0.792. The Morgan fingerprint density at radius 3 is 2.65 bits per heavy atom. The topological polar surface area (TPSA) is 8.17 Å². The lowest BCUT2D eigenvalue weighted by Crippen LogP contribution is -2.29. The molecule has 2 nitrogen and oxygen atoms in total. The molecule has 0 bridgehead atoms. The van der Waals surface area contributed by atoms with Crippen molar-refractivity contribution in [1.82, 2.24) is 9.47 Å². The highest BCUT2D eigenvalue weighted by molar-refractivity contribution is 5.81. The van der Waals surface area contributed by atoms with Gasteiger partial charge in [-0.3, -0.25) is 0 Å². The minimum Gasteiger partial charge on any atom is -0.343 e. The molecule has 0 saturated heterocycles. The first-order valence-corrected chi connectivity index (χ1v) is 5.91. The number of fused-ring (bicyclic) bond motifs is 1. The van der Waals surface area contributed by atoms with Gasteiger partial charge < -0.3 is 9.47 Å². The van der Waals surface area contributed by atoms with Crippen molar-refractivity contribution in [3.8, 4) is 0 Å². The van der Waals surface area contributed by atoms with Crippen LogP contribution in [0.4, 0.5) is 4.39 Å². The van der Waals surface area contributed by atoms with Crippen LogP contribution in [0.5, 0.6) is 0 Å². The first kappa shape index (κ1) is 12.1. The van der Waals surface area contributed by atoms with E-state index in [0.717, 1.165) is 17.4 Å². The molecule has 0 saturated carbocycles. The molecular weight excluding hydrogens is 215 g/mol. The average molecular weight is 234 g/mol. The highest BCUT2D eigenvalue weighted by atomic mass is 19.1. The summed E-state index contributed by atoms with van der Waals surface area (Å²) in [4.78, 5) is 2.19. The molecular formula is C14H19FN2. The zero-order chi connectivity index (χ0) is 12.6. The van der Waals surface area contributed by atoms with Crippen LogP contribution in [0.25, 0.3) is 10.9 Å². The van der Waals surface area contributed by atoms with Crippen LogP contribution in [0, 0.1) is 12.7 Å². The van der Waals surface area contributed by atoms with E-state index in [9.17, 15) is 4.39 Å². The lowest BCUT2D eigenvalue weighted by atomic mass is 10.2. The molecule has 0 unspecified atom stereocenters. The Kier molecular flexibility index (Phi) is 3.20. The van der Waals surface area contributed by atoms with E-state index in [1.54, 1.807) is 6.07 Å². The summed E-state index contributed by atoms with van der Waals surface area (Å²) in [5.41, 5.74) is 2.29. The van der Waals surface area contributed by atoms with E-state index >= 15 is 0 Å². The maximum absolute atomic E-state index is 13.2. The summed E-state index contributed by atoms with van der Waals surface area (Å²) >= 11 is 0. The van der Waals surface area contributed by atoms with Crippen LogP contribution in [0.15, 0.2) is 24.3 Å². The van der Waals surface area contributed by atoms with Gasteiger partial charge in [0.2, 0.25) is 0 Å². The van der Waals surface area contributed by atoms with Gasteiger partial charge in [0.05, 0.1) is 0 Å². The van der Waals surface area contributed by atoms with E-state index in [0.29, 0.717) is 6.04 Å². The first-order valence-electron chi connectivity index (χ1n) is 5.91. The summed E-state index contributed by atoms with van der Waals surface area (Å²) in [6.45, 7) is 5.18. The lowest BCUT2D eigenvalue weighted by Gasteiger charge is -2.21. The zero-order valence-electron chi connectivity index (χ0n) is 10.9. The van der Waals surface area contributed by atoms with Gasteiger partial charge in [0.15, 0.2) is 0 Å². The van der Waals surface area contributed by atoms with E-state index in [1.807, 2.05) is 12.1 Å². The molecule has 0 amide bonds. The third-order valence-electron chi connectivity index (χ3n) is 3.40. The Morgan fingerprint density at radius 1 is 1.29 bits per heavy atom. The molecule has 0 spiro atoms. The molecule has 92 valence electrons. The monoisotopic (exact) mass is 234 g/mol. The molecule has 1 atom stereocenters. The van der Waals surface area contributed by atoms with Crippen LogP contribution in [0.2, 0.25) is 0 Å². The molecule has 1 aromatic heterocycles. The van der Waals surface area contributed by atoms with Gasteiger partial charge in [-0.15, -0.1) is 0 Å². The first-order chi connectivity index (χ1) is 7.99. The maximum atomic E-state index is 13.2. The van der Waals surface area contributed by atoms with E-state index < -0.39 is 0 Å². The molecule has 0 aliphatic heterocycles. The summed E-state index contributed by atoms with van der Waals surface area (Å²) in [6, 6.07) is 7.48. The van der Waals surface area contributed by atoms with Crippen LogP contribution in [-0.4, -0.2) is 29.6 Å². The molecule has 0 aliphatic carbocycles. The van der Waals surface area contributed by atoms with E-state index in [1.165, 1.54) is 11.8 Å². The molecule has 3 heteroatoms. The number of rotatable bonds is 3. The molecule has 0 aliphatic rings. The average Bonchev–Trinajstić information content (AvgIpc) is 2.54. The SMILES string of the molecule is Cc1cc2cc(F)ccc2n1C[C@@H](C)N(C)C. The largest absolute Gasteiger partial charge is 0.343 e. The number of hydrogen-bond donors (Lipinski definition) is 0. The zero-order valence-corrected chi connectivity index (χ0v) is 10.9. The Balaban J connectivity index is 2.43. The van der Waals surface area contributed by atoms with E-state index in [2.05, 4.69) is 37.4 Å². The van der Waals surface area contributed by atoms with Gasteiger partial charge in [-0.25, -0.2) is 4.39 Å². The normalized spacial score (nSPS) is 13.5.